The van der Waals surface area contributed by atoms with Crippen LogP contribution in [0.15, 0.2) is 63.7 Å². The average molecular weight is 443 g/mol. The van der Waals surface area contributed by atoms with Crippen molar-refractivity contribution >= 4 is 0 Å². The molecule has 0 aliphatic carbocycles. The predicted octanol–water partition coefficient (Wildman–Crippen LogP) is 3.64. The molecule has 1 unspecified atom stereocenters. The van der Waals surface area contributed by atoms with Gasteiger partial charge in [-0.15, -0.1) is 9.81 Å². The van der Waals surface area contributed by atoms with Crippen LogP contribution in [0.2, 0.25) is 0 Å². The molecule has 1 aromatic rings. The molecule has 10 nitrogen and oxygen atoms in total. The molecule has 163 valence electrons. The van der Waals surface area contributed by atoms with Crippen LogP contribution in [0, 0.1) is 16.2 Å². The van der Waals surface area contributed by atoms with Gasteiger partial charge in [0.05, 0.1) is 11.4 Å². The fraction of sp³-hybridized carbons (Fsp3) is 0.412. The second-order valence-corrected chi connectivity index (χ2v) is 4.93. The Labute approximate surface area is 176 Å². The van der Waals surface area contributed by atoms with E-state index in [1.54, 1.807) is 50.5 Å². The average Bonchev–Trinajstić information content (AvgIpc) is 2.73. The summed E-state index contributed by atoms with van der Waals surface area (Å²) >= 11 is 0. The van der Waals surface area contributed by atoms with Gasteiger partial charge >= 0.3 is 0 Å². The molecule has 0 aliphatic rings. The van der Waals surface area contributed by atoms with E-state index in [1.807, 2.05) is 25.1 Å². The maximum Gasteiger partial charge on any atom is 0.103 e. The third-order valence-electron chi connectivity index (χ3n) is 2.74. The number of nitrogens with one attached hydrogen (secondary N) is 2. The normalized spacial score (nSPS) is 11.5. The summed E-state index contributed by atoms with van der Waals surface area (Å²) in [4.78, 5) is 23.1. The van der Waals surface area contributed by atoms with Crippen molar-refractivity contribution in [2.75, 3.05) is 0 Å². The van der Waals surface area contributed by atoms with Crippen molar-refractivity contribution in [3.05, 3.63) is 69.6 Å². The smallest absolute Gasteiger partial charge is 0.103 e. The van der Waals surface area contributed by atoms with Crippen LogP contribution in [0.25, 0.3) is 0 Å². The number of hydroxylamine groups is 2. The van der Waals surface area contributed by atoms with E-state index in [0.717, 1.165) is 0 Å². The first-order valence-electron chi connectivity index (χ1n) is 7.86. The zero-order valence-corrected chi connectivity index (χ0v) is 17.9. The first-order chi connectivity index (χ1) is 12.7. The minimum atomic E-state index is -0.241. The SMILES string of the molecule is C/C(N=O)=C(\C)NO.C/C(N=O)=C(\C)NO.C[CH-]C(C)O.[Co].c1ccncc1. The van der Waals surface area contributed by atoms with E-state index in [9.17, 15) is 9.81 Å². The van der Waals surface area contributed by atoms with Crippen molar-refractivity contribution in [2.24, 2.45) is 10.4 Å². The van der Waals surface area contributed by atoms with Crippen LogP contribution in [0.4, 0.5) is 0 Å². The molecular weight excluding hydrogens is 413 g/mol. The number of rotatable bonds is 5. The Morgan fingerprint density at radius 3 is 1.32 bits per heavy atom. The molecule has 0 aromatic carbocycles. The standard InChI is InChI=1S/C5H5N.2C4H8N2O2.C4H9O.Co/c1-2-4-6-5-3-1;2*1-3(5-7)4(2)6-8;1-3-4(2)5;/h1-5H;2*5,7H,1-2H3;3-5H,1-2H3;/q;;;-1;/b;2*4-3-;;. The quantitative estimate of drug-likeness (QED) is 0.262. The van der Waals surface area contributed by atoms with E-state index in [-0.39, 0.29) is 34.3 Å². The summed E-state index contributed by atoms with van der Waals surface area (Å²) in [5, 5.41) is 29.7. The number of allylic oxidation sites excluding steroid dienone is 4. The Bertz CT molecular complexity index is 497. The summed E-state index contributed by atoms with van der Waals surface area (Å²) in [5.74, 6) is 0. The van der Waals surface area contributed by atoms with Crippen molar-refractivity contribution in [3.8, 4) is 0 Å². The third kappa shape index (κ3) is 26.0. The summed E-state index contributed by atoms with van der Waals surface area (Å²) in [5.41, 5.74) is 4.87. The Balaban J connectivity index is -0.000000138. The molecular formula is C17H30CoN5O5-. The van der Waals surface area contributed by atoms with Crippen molar-refractivity contribution < 1.29 is 32.3 Å². The third-order valence-corrected chi connectivity index (χ3v) is 2.74. The van der Waals surface area contributed by atoms with E-state index >= 15 is 0 Å². The number of nitroso groups, excluding NO2 is 2. The van der Waals surface area contributed by atoms with Gasteiger partial charge < -0.3 is 11.5 Å². The topological polar surface area (TPSA) is 156 Å². The maximum atomic E-state index is 9.65. The molecule has 0 fully saturated rings. The molecule has 1 aromatic heterocycles. The van der Waals surface area contributed by atoms with E-state index in [2.05, 4.69) is 15.3 Å². The molecule has 5 N–H and O–H groups in total. The fourth-order valence-corrected chi connectivity index (χ4v) is 0.611. The van der Waals surface area contributed by atoms with Crippen LogP contribution < -0.4 is 11.0 Å². The van der Waals surface area contributed by atoms with Crippen LogP contribution in [-0.2, 0) is 16.8 Å². The molecule has 11 heteroatoms. The number of hydrogen-bond acceptors (Lipinski definition) is 10. The van der Waals surface area contributed by atoms with E-state index < -0.39 is 0 Å². The molecule has 1 atom stereocenters. The summed E-state index contributed by atoms with van der Waals surface area (Å²) in [6.45, 7) is 9.66. The van der Waals surface area contributed by atoms with Crippen molar-refractivity contribution in [1.29, 1.82) is 0 Å². The molecule has 0 saturated carbocycles. The summed E-state index contributed by atoms with van der Waals surface area (Å²) in [6, 6.07) is 5.72. The maximum absolute atomic E-state index is 9.65. The second kappa shape index (κ2) is 24.8. The van der Waals surface area contributed by atoms with E-state index in [4.69, 9.17) is 15.5 Å². The molecule has 0 aliphatic heterocycles. The van der Waals surface area contributed by atoms with Crippen LogP contribution in [0.3, 0.4) is 0 Å². The van der Waals surface area contributed by atoms with E-state index in [1.165, 1.54) is 13.8 Å². The van der Waals surface area contributed by atoms with Crippen LogP contribution in [0.5, 0.6) is 0 Å². The number of aliphatic hydroxyl groups excluding tert-OH is 1. The van der Waals surface area contributed by atoms with Gasteiger partial charge in [0.2, 0.25) is 0 Å². The van der Waals surface area contributed by atoms with Crippen molar-refractivity contribution in [2.45, 2.75) is 47.6 Å². The molecule has 0 amide bonds. The summed E-state index contributed by atoms with van der Waals surface area (Å²) in [7, 11) is 0. The zero-order chi connectivity index (χ0) is 21.7. The number of nitrogens with zero attached hydrogens (tertiary/aromatic N) is 3. The Kier molecular flexibility index (Phi) is 29.6. The molecule has 0 bridgehead atoms. The molecule has 28 heavy (non-hydrogen) atoms. The first-order valence-corrected chi connectivity index (χ1v) is 7.86. The Morgan fingerprint density at radius 1 is 0.929 bits per heavy atom. The molecule has 0 spiro atoms. The van der Waals surface area contributed by atoms with Crippen molar-refractivity contribution in [3.63, 3.8) is 0 Å². The van der Waals surface area contributed by atoms with Gasteiger partial charge in [0.25, 0.3) is 0 Å². The van der Waals surface area contributed by atoms with Gasteiger partial charge in [0.15, 0.2) is 0 Å². The molecule has 1 heterocycles. The molecule has 1 rings (SSSR count). The summed E-state index contributed by atoms with van der Waals surface area (Å²) < 4.78 is 0. The van der Waals surface area contributed by atoms with Gasteiger partial charge in [-0.25, -0.2) is 0 Å². The Morgan fingerprint density at radius 2 is 1.25 bits per heavy atom. The number of hydrogen-bond donors (Lipinski definition) is 5. The first kappa shape index (κ1) is 33.4. The van der Waals surface area contributed by atoms with Gasteiger partial charge in [-0.1, -0.05) is 19.1 Å². The molecule has 1 radical (unpaired) electrons. The Hall–Kier alpha value is -2.18. The van der Waals surface area contributed by atoms with Gasteiger partial charge in [0.1, 0.15) is 11.4 Å². The van der Waals surface area contributed by atoms with Crippen molar-refractivity contribution in [1.82, 2.24) is 15.9 Å². The minimum Gasteiger partial charge on any atom is -0.425 e. The van der Waals surface area contributed by atoms with Gasteiger partial charge in [-0.3, -0.25) is 26.4 Å². The second-order valence-electron chi connectivity index (χ2n) is 4.93. The monoisotopic (exact) mass is 443 g/mol. The van der Waals surface area contributed by atoms with Gasteiger partial charge in [0, 0.05) is 29.2 Å². The molecule has 0 saturated heterocycles. The summed E-state index contributed by atoms with van der Waals surface area (Å²) in [6.07, 6.45) is 4.98. The van der Waals surface area contributed by atoms with Crippen LogP contribution >= 0.6 is 0 Å². The number of aromatic nitrogens is 1. The van der Waals surface area contributed by atoms with Gasteiger partial charge in [-0.05, 0) is 50.2 Å². The number of pyridine rings is 1. The van der Waals surface area contributed by atoms with Gasteiger partial charge in [-0.2, -0.15) is 6.92 Å². The van der Waals surface area contributed by atoms with Crippen LogP contribution in [0.1, 0.15) is 41.5 Å². The largest absolute Gasteiger partial charge is 0.425 e. The van der Waals surface area contributed by atoms with E-state index in [0.29, 0.717) is 11.4 Å². The predicted molar refractivity (Wildman–Crippen MR) is 104 cm³/mol. The number of aliphatic hydroxyl groups is 1. The minimum absolute atomic E-state index is 0. The van der Waals surface area contributed by atoms with Crippen LogP contribution in [-0.4, -0.2) is 26.6 Å². The zero-order valence-electron chi connectivity index (χ0n) is 16.9. The fourth-order valence-electron chi connectivity index (χ4n) is 0.611.